The van der Waals surface area contributed by atoms with Crippen molar-refractivity contribution in [1.82, 2.24) is 20.4 Å². The van der Waals surface area contributed by atoms with Crippen molar-refractivity contribution in [2.75, 3.05) is 45.9 Å². The number of benzene rings is 2. The van der Waals surface area contributed by atoms with Crippen LogP contribution in [0.2, 0.25) is 5.02 Å². The molecule has 0 radical (unpaired) electrons. The third kappa shape index (κ3) is 6.94. The predicted molar refractivity (Wildman–Crippen MR) is 128 cm³/mol. The number of hydrogen-bond acceptors (Lipinski definition) is 4. The molecule has 0 spiro atoms. The van der Waals surface area contributed by atoms with Crippen molar-refractivity contribution in [1.29, 1.82) is 0 Å². The summed E-state index contributed by atoms with van der Waals surface area (Å²) in [6.07, 6.45) is 1.92. The van der Waals surface area contributed by atoms with Crippen LogP contribution in [0.1, 0.15) is 30.0 Å². The van der Waals surface area contributed by atoms with E-state index >= 15 is 0 Å². The SMILES string of the molecule is O=C(NC1CCN(Cc2ccc(Cl)cc2)CC1)NC(CN1CCOCC1)c1ccccc1. The Bertz CT molecular complexity index is 835. The number of nitrogens with zero attached hydrogens (tertiary/aromatic N) is 2. The largest absolute Gasteiger partial charge is 0.379 e. The molecule has 2 heterocycles. The van der Waals surface area contributed by atoms with E-state index in [0.717, 1.165) is 75.9 Å². The zero-order valence-corrected chi connectivity index (χ0v) is 19.3. The van der Waals surface area contributed by atoms with E-state index in [-0.39, 0.29) is 18.1 Å². The van der Waals surface area contributed by atoms with Gasteiger partial charge in [-0.15, -0.1) is 0 Å². The Labute approximate surface area is 195 Å². The lowest BCUT2D eigenvalue weighted by Crippen LogP contribution is -2.50. The minimum atomic E-state index is -0.0803. The molecule has 0 bridgehead atoms. The molecule has 7 heteroatoms. The summed E-state index contributed by atoms with van der Waals surface area (Å²) < 4.78 is 5.47. The fourth-order valence-corrected chi connectivity index (χ4v) is 4.56. The molecule has 2 amide bonds. The van der Waals surface area contributed by atoms with Crippen LogP contribution in [-0.2, 0) is 11.3 Å². The Morgan fingerprint density at radius 3 is 2.34 bits per heavy atom. The van der Waals surface area contributed by atoms with E-state index in [1.807, 2.05) is 30.3 Å². The molecule has 0 saturated carbocycles. The molecule has 1 atom stereocenters. The van der Waals surface area contributed by atoms with Gasteiger partial charge >= 0.3 is 6.03 Å². The van der Waals surface area contributed by atoms with Gasteiger partial charge in [0.2, 0.25) is 0 Å². The summed E-state index contributed by atoms with van der Waals surface area (Å²) in [4.78, 5) is 17.6. The first-order valence-corrected chi connectivity index (χ1v) is 11.9. The summed E-state index contributed by atoms with van der Waals surface area (Å²) in [5, 5.41) is 7.21. The Morgan fingerprint density at radius 2 is 1.66 bits per heavy atom. The first-order valence-electron chi connectivity index (χ1n) is 11.5. The van der Waals surface area contributed by atoms with Crippen molar-refractivity contribution in [2.45, 2.75) is 31.5 Å². The number of morpholine rings is 1. The second-order valence-corrected chi connectivity index (χ2v) is 9.11. The number of hydrogen-bond donors (Lipinski definition) is 2. The van der Waals surface area contributed by atoms with Gasteiger partial charge in [-0.2, -0.15) is 0 Å². The van der Waals surface area contributed by atoms with Crippen molar-refractivity contribution in [3.63, 3.8) is 0 Å². The van der Waals surface area contributed by atoms with Gasteiger partial charge in [-0.05, 0) is 36.1 Å². The van der Waals surface area contributed by atoms with Crippen LogP contribution in [-0.4, -0.2) is 67.8 Å². The van der Waals surface area contributed by atoms with Gasteiger partial charge in [-0.1, -0.05) is 54.1 Å². The molecule has 6 nitrogen and oxygen atoms in total. The highest BCUT2D eigenvalue weighted by Crippen LogP contribution is 2.18. The number of carbonyl (C=O) groups excluding carboxylic acids is 1. The van der Waals surface area contributed by atoms with E-state index in [2.05, 4.69) is 44.7 Å². The number of halogens is 1. The monoisotopic (exact) mass is 456 g/mol. The molecular weight excluding hydrogens is 424 g/mol. The summed E-state index contributed by atoms with van der Waals surface area (Å²) in [7, 11) is 0. The highest BCUT2D eigenvalue weighted by molar-refractivity contribution is 6.30. The van der Waals surface area contributed by atoms with E-state index in [9.17, 15) is 4.79 Å². The topological polar surface area (TPSA) is 56.8 Å². The molecule has 32 heavy (non-hydrogen) atoms. The van der Waals surface area contributed by atoms with Gasteiger partial charge in [0.1, 0.15) is 0 Å². The van der Waals surface area contributed by atoms with Crippen LogP contribution in [0.3, 0.4) is 0 Å². The van der Waals surface area contributed by atoms with E-state index in [0.29, 0.717) is 0 Å². The third-order valence-electron chi connectivity index (χ3n) is 6.29. The molecule has 2 N–H and O–H groups in total. The van der Waals surface area contributed by atoms with Crippen LogP contribution in [0.5, 0.6) is 0 Å². The maximum absolute atomic E-state index is 12.8. The van der Waals surface area contributed by atoms with E-state index in [4.69, 9.17) is 16.3 Å². The summed E-state index contributed by atoms with van der Waals surface area (Å²) in [6, 6.07) is 18.4. The molecular formula is C25H33ClN4O2. The van der Waals surface area contributed by atoms with Crippen LogP contribution >= 0.6 is 11.6 Å². The van der Waals surface area contributed by atoms with Crippen molar-refractivity contribution in [2.24, 2.45) is 0 Å². The highest BCUT2D eigenvalue weighted by atomic mass is 35.5. The van der Waals surface area contributed by atoms with Crippen LogP contribution < -0.4 is 10.6 Å². The van der Waals surface area contributed by atoms with Crippen molar-refractivity contribution < 1.29 is 9.53 Å². The second kappa shape index (κ2) is 11.7. The average molecular weight is 457 g/mol. The first kappa shape index (κ1) is 23.1. The number of likely N-dealkylation sites (tertiary alicyclic amines) is 1. The lowest BCUT2D eigenvalue weighted by atomic mass is 10.0. The maximum Gasteiger partial charge on any atom is 0.315 e. The summed E-state index contributed by atoms with van der Waals surface area (Å²) in [5.74, 6) is 0. The quantitative estimate of drug-likeness (QED) is 0.667. The van der Waals surface area contributed by atoms with Gasteiger partial charge in [-0.3, -0.25) is 9.80 Å². The van der Waals surface area contributed by atoms with Crippen LogP contribution in [0.4, 0.5) is 4.79 Å². The third-order valence-corrected chi connectivity index (χ3v) is 6.55. The molecule has 2 saturated heterocycles. The normalized spacial score (nSPS) is 19.4. The summed E-state index contributed by atoms with van der Waals surface area (Å²) in [6.45, 7) is 6.97. The lowest BCUT2D eigenvalue weighted by Gasteiger charge is -2.34. The number of ether oxygens (including phenoxy) is 1. The first-order chi connectivity index (χ1) is 15.7. The molecule has 0 aliphatic carbocycles. The summed E-state index contributed by atoms with van der Waals surface area (Å²) >= 11 is 5.98. The van der Waals surface area contributed by atoms with Gasteiger partial charge < -0.3 is 15.4 Å². The zero-order valence-electron chi connectivity index (χ0n) is 18.5. The number of rotatable bonds is 7. The Kier molecular flexibility index (Phi) is 8.40. The van der Waals surface area contributed by atoms with Gasteiger partial charge in [0, 0.05) is 50.3 Å². The number of urea groups is 1. The maximum atomic E-state index is 12.8. The van der Waals surface area contributed by atoms with Crippen LogP contribution in [0, 0.1) is 0 Å². The summed E-state index contributed by atoms with van der Waals surface area (Å²) in [5.41, 5.74) is 2.40. The molecule has 0 aromatic heterocycles. The van der Waals surface area contributed by atoms with E-state index in [1.54, 1.807) is 0 Å². The fraction of sp³-hybridized carbons (Fsp3) is 0.480. The molecule has 4 rings (SSSR count). The fourth-order valence-electron chi connectivity index (χ4n) is 4.43. The molecule has 2 fully saturated rings. The number of nitrogens with one attached hydrogen (secondary N) is 2. The van der Waals surface area contributed by atoms with Crippen molar-refractivity contribution in [3.8, 4) is 0 Å². The van der Waals surface area contributed by atoms with Gasteiger partial charge in [0.25, 0.3) is 0 Å². The minimum absolute atomic E-state index is 0.0423. The molecule has 1 unspecified atom stereocenters. The molecule has 172 valence electrons. The number of amides is 2. The predicted octanol–water partition coefficient (Wildman–Crippen LogP) is 3.68. The van der Waals surface area contributed by atoms with Crippen molar-refractivity contribution in [3.05, 3.63) is 70.7 Å². The molecule has 2 aliphatic rings. The number of piperidine rings is 1. The van der Waals surface area contributed by atoms with Crippen LogP contribution in [0.25, 0.3) is 0 Å². The molecule has 2 aliphatic heterocycles. The van der Waals surface area contributed by atoms with Gasteiger partial charge in [-0.25, -0.2) is 4.79 Å². The zero-order chi connectivity index (χ0) is 22.2. The van der Waals surface area contributed by atoms with Crippen molar-refractivity contribution >= 4 is 17.6 Å². The Morgan fingerprint density at radius 1 is 0.969 bits per heavy atom. The smallest absolute Gasteiger partial charge is 0.315 e. The average Bonchev–Trinajstić information content (AvgIpc) is 2.83. The van der Waals surface area contributed by atoms with E-state index < -0.39 is 0 Å². The van der Waals surface area contributed by atoms with Crippen LogP contribution in [0.15, 0.2) is 54.6 Å². The Hall–Kier alpha value is -2.12. The second-order valence-electron chi connectivity index (χ2n) is 8.67. The standard InChI is InChI=1S/C25H33ClN4O2/c26-22-8-6-20(7-9-22)18-29-12-10-23(11-13-29)27-25(31)28-24(21-4-2-1-3-5-21)19-30-14-16-32-17-15-30/h1-9,23-24H,10-19H2,(H2,27,28,31). The molecule has 2 aromatic rings. The number of carbonyl (C=O) groups is 1. The molecule has 2 aromatic carbocycles. The van der Waals surface area contributed by atoms with E-state index in [1.165, 1.54) is 5.56 Å². The van der Waals surface area contributed by atoms with Gasteiger partial charge in [0.05, 0.1) is 19.3 Å². The highest BCUT2D eigenvalue weighted by Gasteiger charge is 2.24. The van der Waals surface area contributed by atoms with Gasteiger partial charge in [0.15, 0.2) is 0 Å². The Balaban J connectivity index is 1.26. The minimum Gasteiger partial charge on any atom is -0.379 e. The lowest BCUT2D eigenvalue weighted by molar-refractivity contribution is 0.0339.